The summed E-state index contributed by atoms with van der Waals surface area (Å²) in [6.07, 6.45) is 4.88. The summed E-state index contributed by atoms with van der Waals surface area (Å²) in [5.41, 5.74) is 0. The average Bonchev–Trinajstić information content (AvgIpc) is 2.05. The van der Waals surface area contributed by atoms with Crippen LogP contribution in [-0.4, -0.2) is 20.0 Å². The minimum absolute atomic E-state index is 1.18. The molecule has 1 radical (unpaired) electrons. The molecule has 0 aliphatic rings. The molecule has 0 aromatic rings. The molecular formula is C8H18NOSn. The standard InChI is InChI=1S/2C4H9.NO.Sn/c2*1-3-4-2;1-2;/h2*1,3-4H2,2H3;;/q;;-1;+1. The van der Waals surface area contributed by atoms with Crippen LogP contribution in [-0.2, 0) is 0 Å². The second-order valence-corrected chi connectivity index (χ2v) is 9.47. The van der Waals surface area contributed by atoms with Crippen LogP contribution in [0.3, 0.4) is 0 Å². The van der Waals surface area contributed by atoms with Crippen molar-refractivity contribution >= 4 is 20.0 Å². The molecule has 0 amide bonds. The van der Waals surface area contributed by atoms with E-state index in [-0.39, 0.29) is 0 Å². The van der Waals surface area contributed by atoms with Gasteiger partial charge >= 0.3 is 76.7 Å². The summed E-state index contributed by atoms with van der Waals surface area (Å²) in [7, 11) is 0. The van der Waals surface area contributed by atoms with Crippen molar-refractivity contribution in [3.05, 3.63) is 4.91 Å². The Hall–Kier alpha value is 0.399. The molecule has 0 atom stereocenters. The van der Waals surface area contributed by atoms with E-state index in [1.54, 1.807) is 0 Å². The van der Waals surface area contributed by atoms with Gasteiger partial charge in [0.05, 0.1) is 0 Å². The van der Waals surface area contributed by atoms with Gasteiger partial charge < -0.3 is 0 Å². The summed E-state index contributed by atoms with van der Waals surface area (Å²) in [5, 5.41) is 0. The molecule has 0 aromatic heterocycles. The molecular weight excluding hydrogens is 245 g/mol. The van der Waals surface area contributed by atoms with E-state index in [9.17, 15) is 4.91 Å². The summed E-state index contributed by atoms with van der Waals surface area (Å²) >= 11 is -1.71. The molecule has 0 aliphatic carbocycles. The molecule has 65 valence electrons. The van der Waals surface area contributed by atoms with Crippen molar-refractivity contribution in [3.8, 4) is 0 Å². The van der Waals surface area contributed by atoms with Crippen LogP contribution in [0.5, 0.6) is 0 Å². The first-order chi connectivity index (χ1) is 5.35. The Morgan fingerprint density at radius 1 is 1.09 bits per heavy atom. The van der Waals surface area contributed by atoms with Gasteiger partial charge in [-0.2, -0.15) is 0 Å². The average molecular weight is 263 g/mol. The van der Waals surface area contributed by atoms with Crippen molar-refractivity contribution in [2.75, 3.05) is 0 Å². The normalized spacial score (nSPS) is 10.5. The van der Waals surface area contributed by atoms with Crippen LogP contribution in [0.25, 0.3) is 0 Å². The van der Waals surface area contributed by atoms with Crippen molar-refractivity contribution in [3.63, 3.8) is 0 Å². The second-order valence-electron chi connectivity index (χ2n) is 2.86. The molecule has 0 saturated heterocycles. The molecule has 0 aliphatic heterocycles. The zero-order valence-corrected chi connectivity index (χ0v) is 10.5. The van der Waals surface area contributed by atoms with Gasteiger partial charge in [-0.05, 0) is 0 Å². The fraction of sp³-hybridized carbons (Fsp3) is 1.00. The van der Waals surface area contributed by atoms with Crippen LogP contribution in [0.15, 0.2) is 3.40 Å². The fourth-order valence-electron chi connectivity index (χ4n) is 0.978. The molecule has 3 heteroatoms. The SMILES string of the molecule is CCC[CH2][Sn]([CH2]CCC)[N]=O. The van der Waals surface area contributed by atoms with Gasteiger partial charge in [-0.15, -0.1) is 0 Å². The molecule has 11 heavy (non-hydrogen) atoms. The first kappa shape index (κ1) is 11.4. The predicted molar refractivity (Wildman–Crippen MR) is 51.0 cm³/mol. The monoisotopic (exact) mass is 264 g/mol. The molecule has 0 saturated carbocycles. The number of hydrogen-bond acceptors (Lipinski definition) is 2. The summed E-state index contributed by atoms with van der Waals surface area (Å²) in [6.45, 7) is 4.34. The summed E-state index contributed by atoms with van der Waals surface area (Å²) in [6, 6.07) is 0. The number of rotatable bonds is 7. The van der Waals surface area contributed by atoms with Gasteiger partial charge in [0, 0.05) is 0 Å². The van der Waals surface area contributed by atoms with Gasteiger partial charge in [0.25, 0.3) is 0 Å². The van der Waals surface area contributed by atoms with E-state index in [0.717, 1.165) is 0 Å². The van der Waals surface area contributed by atoms with Gasteiger partial charge in [0.1, 0.15) is 0 Å². The van der Waals surface area contributed by atoms with Gasteiger partial charge in [-0.1, -0.05) is 0 Å². The molecule has 0 spiro atoms. The van der Waals surface area contributed by atoms with Gasteiger partial charge in [-0.25, -0.2) is 0 Å². The fourth-order valence-corrected chi connectivity index (χ4v) is 6.56. The number of unbranched alkanes of at least 4 members (excludes halogenated alkanes) is 2. The molecule has 0 rings (SSSR count). The van der Waals surface area contributed by atoms with E-state index in [1.807, 2.05) is 0 Å². The zero-order chi connectivity index (χ0) is 8.53. The van der Waals surface area contributed by atoms with E-state index in [1.165, 1.54) is 34.6 Å². The van der Waals surface area contributed by atoms with Crippen molar-refractivity contribution in [2.45, 2.75) is 48.4 Å². The Balaban J connectivity index is 3.33. The number of nitrogens with zero attached hydrogens (tertiary/aromatic N) is 1. The summed E-state index contributed by atoms with van der Waals surface area (Å²) in [4.78, 5) is 10.4. The van der Waals surface area contributed by atoms with Gasteiger partial charge in [0.15, 0.2) is 0 Å². The molecule has 0 bridgehead atoms. The van der Waals surface area contributed by atoms with E-state index in [4.69, 9.17) is 0 Å². The predicted octanol–water partition coefficient (Wildman–Crippen LogP) is 3.34. The van der Waals surface area contributed by atoms with Crippen LogP contribution in [0.1, 0.15) is 39.5 Å². The quantitative estimate of drug-likeness (QED) is 0.511. The van der Waals surface area contributed by atoms with Gasteiger partial charge in [-0.3, -0.25) is 0 Å². The van der Waals surface area contributed by atoms with Crippen molar-refractivity contribution < 1.29 is 0 Å². The van der Waals surface area contributed by atoms with E-state index in [2.05, 4.69) is 17.2 Å². The number of hydrogen-bond donors (Lipinski definition) is 0. The van der Waals surface area contributed by atoms with E-state index in [0.29, 0.717) is 0 Å². The van der Waals surface area contributed by atoms with Crippen LogP contribution in [0, 0.1) is 4.91 Å². The second kappa shape index (κ2) is 8.49. The Morgan fingerprint density at radius 2 is 1.55 bits per heavy atom. The molecule has 0 fully saturated rings. The third kappa shape index (κ3) is 6.78. The maximum absolute atomic E-state index is 10.4. The van der Waals surface area contributed by atoms with E-state index < -0.39 is 20.0 Å². The first-order valence-electron chi connectivity index (χ1n) is 4.53. The Labute approximate surface area is 76.8 Å². The maximum atomic E-state index is 10.4. The molecule has 0 heterocycles. The van der Waals surface area contributed by atoms with Crippen LogP contribution >= 0.6 is 0 Å². The third-order valence-electron chi connectivity index (χ3n) is 1.77. The first-order valence-corrected chi connectivity index (χ1v) is 9.84. The van der Waals surface area contributed by atoms with Crippen molar-refractivity contribution in [1.82, 2.24) is 0 Å². The topological polar surface area (TPSA) is 29.4 Å². The number of nitroso groups, excluding NO2 is 1. The van der Waals surface area contributed by atoms with Crippen LogP contribution in [0.4, 0.5) is 0 Å². The molecule has 0 aromatic carbocycles. The Kier molecular flexibility index (Phi) is 8.80. The summed E-state index contributed by atoms with van der Waals surface area (Å²) < 4.78 is 5.68. The van der Waals surface area contributed by atoms with Crippen molar-refractivity contribution in [2.24, 2.45) is 3.40 Å². The van der Waals surface area contributed by atoms with Crippen molar-refractivity contribution in [1.29, 1.82) is 0 Å². The van der Waals surface area contributed by atoms with E-state index >= 15 is 0 Å². The molecule has 0 unspecified atom stereocenters. The Bertz CT molecular complexity index is 90.1. The zero-order valence-electron chi connectivity index (χ0n) is 7.60. The van der Waals surface area contributed by atoms with Crippen LogP contribution < -0.4 is 0 Å². The molecule has 0 N–H and O–H groups in total. The summed E-state index contributed by atoms with van der Waals surface area (Å²) in [5.74, 6) is 0. The molecule has 2 nitrogen and oxygen atoms in total. The minimum atomic E-state index is -1.71. The van der Waals surface area contributed by atoms with Gasteiger partial charge in [0.2, 0.25) is 0 Å². The third-order valence-corrected chi connectivity index (χ3v) is 7.82. The Morgan fingerprint density at radius 3 is 1.82 bits per heavy atom. The van der Waals surface area contributed by atoms with Crippen LogP contribution in [0.2, 0.25) is 8.87 Å².